The molecule has 5 heteroatoms. The molecule has 0 atom stereocenters. The Bertz CT molecular complexity index is 683. The van der Waals surface area contributed by atoms with Crippen molar-refractivity contribution in [1.82, 2.24) is 0 Å². The summed E-state index contributed by atoms with van der Waals surface area (Å²) in [5, 5.41) is 10.3. The molecule has 1 aromatic heterocycles. The third kappa shape index (κ3) is 3.86. The van der Waals surface area contributed by atoms with Gasteiger partial charge >= 0.3 is 5.97 Å². The summed E-state index contributed by atoms with van der Waals surface area (Å²) in [6.45, 7) is 2.00. The zero-order valence-corrected chi connectivity index (χ0v) is 12.3. The van der Waals surface area contributed by atoms with Gasteiger partial charge in [-0.15, -0.1) is 11.3 Å². The Morgan fingerprint density at radius 2 is 1.76 bits per heavy atom. The quantitative estimate of drug-likeness (QED) is 0.506. The Labute approximate surface area is 126 Å². The molecule has 0 saturated heterocycles. The molecule has 2 rings (SSSR count). The lowest BCUT2D eigenvalue weighted by atomic mass is 10.0. The molecule has 0 amide bonds. The number of carbonyl (C=O) groups is 3. The number of carboxylic acids is 1. The molecule has 1 heterocycles. The molecule has 0 aliphatic rings. The maximum absolute atomic E-state index is 12.0. The van der Waals surface area contributed by atoms with Gasteiger partial charge in [-0.2, -0.15) is 0 Å². The monoisotopic (exact) mass is 302 g/mol. The normalized spacial score (nSPS) is 10.3. The molecule has 0 saturated carbocycles. The molecule has 2 aromatic rings. The molecule has 1 aromatic carbocycles. The van der Waals surface area contributed by atoms with Gasteiger partial charge in [-0.3, -0.25) is 9.59 Å². The van der Waals surface area contributed by atoms with Crippen molar-refractivity contribution in [2.45, 2.75) is 19.8 Å². The fourth-order valence-corrected chi connectivity index (χ4v) is 2.81. The topological polar surface area (TPSA) is 71.4 Å². The number of aliphatic carboxylic acids is 1. The van der Waals surface area contributed by atoms with E-state index < -0.39 is 24.0 Å². The summed E-state index contributed by atoms with van der Waals surface area (Å²) in [4.78, 5) is 34.1. The van der Waals surface area contributed by atoms with Crippen molar-refractivity contribution in [2.24, 2.45) is 0 Å². The number of Topliss-reactive ketones (excluding diaryl/α,β-unsaturated/α-hetero) is 2. The summed E-state index contributed by atoms with van der Waals surface area (Å²) in [6, 6.07) is 9.81. The second kappa shape index (κ2) is 6.45. The third-order valence-corrected chi connectivity index (χ3v) is 4.07. The maximum Gasteiger partial charge on any atom is 0.372 e. The number of rotatable bonds is 6. The number of ketones is 2. The van der Waals surface area contributed by atoms with Gasteiger partial charge in [-0.05, 0) is 35.9 Å². The highest BCUT2D eigenvalue weighted by atomic mass is 32.1. The van der Waals surface area contributed by atoms with E-state index in [0.29, 0.717) is 11.3 Å². The third-order valence-electron chi connectivity index (χ3n) is 3.07. The van der Waals surface area contributed by atoms with Crippen molar-refractivity contribution in [3.63, 3.8) is 0 Å². The maximum atomic E-state index is 12.0. The minimum absolute atomic E-state index is 0.431. The first kappa shape index (κ1) is 15.1. The molecular weight excluding hydrogens is 288 g/mol. The molecule has 0 aliphatic carbocycles. The van der Waals surface area contributed by atoms with Gasteiger partial charge in [0.2, 0.25) is 5.78 Å². The SMILES string of the molecule is Cc1ccc(Cc2ccsc2C(=O)CC(=O)C(=O)O)cc1. The predicted molar refractivity (Wildman–Crippen MR) is 79.9 cm³/mol. The Kier molecular flexibility index (Phi) is 4.65. The van der Waals surface area contributed by atoms with E-state index in [4.69, 9.17) is 5.11 Å². The molecule has 0 bridgehead atoms. The summed E-state index contributed by atoms with van der Waals surface area (Å²) in [7, 11) is 0. The molecule has 21 heavy (non-hydrogen) atoms. The van der Waals surface area contributed by atoms with Crippen LogP contribution in [-0.2, 0) is 16.0 Å². The van der Waals surface area contributed by atoms with Gasteiger partial charge in [0.1, 0.15) is 0 Å². The lowest BCUT2D eigenvalue weighted by molar-refractivity contribution is -0.148. The number of hydrogen-bond acceptors (Lipinski definition) is 4. The Morgan fingerprint density at radius 1 is 1.10 bits per heavy atom. The van der Waals surface area contributed by atoms with Gasteiger partial charge in [0.15, 0.2) is 5.78 Å². The molecule has 0 unspecified atom stereocenters. The molecule has 4 nitrogen and oxygen atoms in total. The van der Waals surface area contributed by atoms with Gasteiger partial charge in [0, 0.05) is 0 Å². The fourth-order valence-electron chi connectivity index (χ4n) is 1.95. The van der Waals surface area contributed by atoms with Crippen LogP contribution in [0.5, 0.6) is 0 Å². The molecular formula is C16H14O4S. The van der Waals surface area contributed by atoms with E-state index in [2.05, 4.69) is 0 Å². The molecule has 0 fully saturated rings. The zero-order chi connectivity index (χ0) is 15.4. The summed E-state index contributed by atoms with van der Waals surface area (Å²) in [6.07, 6.45) is 0.00284. The average Bonchev–Trinajstić information content (AvgIpc) is 2.89. The van der Waals surface area contributed by atoms with Crippen molar-refractivity contribution < 1.29 is 19.5 Å². The number of carboxylic acid groups (broad SMARTS) is 1. The largest absolute Gasteiger partial charge is 0.475 e. The van der Waals surface area contributed by atoms with Crippen LogP contribution in [0.25, 0.3) is 0 Å². The highest BCUT2D eigenvalue weighted by Gasteiger charge is 2.20. The number of hydrogen-bond donors (Lipinski definition) is 1. The summed E-state index contributed by atoms with van der Waals surface area (Å²) >= 11 is 1.24. The van der Waals surface area contributed by atoms with Crippen LogP contribution in [0, 0.1) is 6.92 Å². The van der Waals surface area contributed by atoms with Crippen molar-refractivity contribution in [3.8, 4) is 0 Å². The lowest BCUT2D eigenvalue weighted by Crippen LogP contribution is -2.17. The van der Waals surface area contributed by atoms with Gasteiger partial charge in [0.05, 0.1) is 11.3 Å². The average molecular weight is 302 g/mol. The number of aryl methyl sites for hydroxylation is 1. The summed E-state index contributed by atoms with van der Waals surface area (Å²) in [5.41, 5.74) is 3.05. The predicted octanol–water partition coefficient (Wildman–Crippen LogP) is 2.87. The van der Waals surface area contributed by atoms with Crippen LogP contribution in [0.3, 0.4) is 0 Å². The summed E-state index contributed by atoms with van der Waals surface area (Å²) < 4.78 is 0. The van der Waals surface area contributed by atoms with E-state index in [1.165, 1.54) is 11.3 Å². The molecule has 0 spiro atoms. The van der Waals surface area contributed by atoms with E-state index in [1.807, 2.05) is 37.3 Å². The van der Waals surface area contributed by atoms with Crippen molar-refractivity contribution in [3.05, 3.63) is 57.3 Å². The van der Waals surface area contributed by atoms with Gasteiger partial charge < -0.3 is 5.11 Å². The minimum atomic E-state index is -1.57. The molecule has 108 valence electrons. The van der Waals surface area contributed by atoms with Crippen LogP contribution in [0.1, 0.15) is 32.8 Å². The van der Waals surface area contributed by atoms with Gasteiger partial charge in [-0.1, -0.05) is 29.8 Å². The van der Waals surface area contributed by atoms with Gasteiger partial charge in [0.25, 0.3) is 0 Å². The van der Waals surface area contributed by atoms with Crippen LogP contribution < -0.4 is 0 Å². The second-order valence-corrected chi connectivity index (χ2v) is 5.68. The first-order valence-corrected chi connectivity index (χ1v) is 7.26. The highest BCUT2D eigenvalue weighted by Crippen LogP contribution is 2.22. The van der Waals surface area contributed by atoms with E-state index in [-0.39, 0.29) is 0 Å². The van der Waals surface area contributed by atoms with Gasteiger partial charge in [-0.25, -0.2) is 4.79 Å². The second-order valence-electron chi connectivity index (χ2n) is 4.77. The first-order chi connectivity index (χ1) is 9.97. The number of benzene rings is 1. The van der Waals surface area contributed by atoms with E-state index in [1.54, 1.807) is 5.38 Å². The Balaban J connectivity index is 2.14. The Hall–Kier alpha value is -2.27. The van der Waals surface area contributed by atoms with Crippen molar-refractivity contribution in [1.29, 1.82) is 0 Å². The van der Waals surface area contributed by atoms with Crippen LogP contribution in [0.4, 0.5) is 0 Å². The van der Waals surface area contributed by atoms with E-state index >= 15 is 0 Å². The van der Waals surface area contributed by atoms with E-state index in [0.717, 1.165) is 16.7 Å². The van der Waals surface area contributed by atoms with Crippen molar-refractivity contribution in [2.75, 3.05) is 0 Å². The fraction of sp³-hybridized carbons (Fsp3) is 0.188. The first-order valence-electron chi connectivity index (χ1n) is 6.38. The van der Waals surface area contributed by atoms with Crippen LogP contribution >= 0.6 is 11.3 Å². The van der Waals surface area contributed by atoms with E-state index in [9.17, 15) is 14.4 Å². The molecule has 0 radical (unpaired) electrons. The summed E-state index contributed by atoms with van der Waals surface area (Å²) in [5.74, 6) is -3.07. The zero-order valence-electron chi connectivity index (χ0n) is 11.5. The van der Waals surface area contributed by atoms with Crippen LogP contribution in [-0.4, -0.2) is 22.6 Å². The standard InChI is InChI=1S/C16H14O4S/c1-10-2-4-11(5-3-10)8-12-6-7-21-15(12)13(17)9-14(18)16(19)20/h2-7H,8-9H2,1H3,(H,19,20). The number of thiophene rings is 1. The lowest BCUT2D eigenvalue weighted by Gasteiger charge is -2.03. The molecule has 1 N–H and O–H groups in total. The van der Waals surface area contributed by atoms with Crippen molar-refractivity contribution >= 4 is 28.9 Å². The highest BCUT2D eigenvalue weighted by molar-refractivity contribution is 7.12. The van der Waals surface area contributed by atoms with Crippen LogP contribution in [0.15, 0.2) is 35.7 Å². The Morgan fingerprint density at radius 3 is 2.38 bits per heavy atom. The number of carbonyl (C=O) groups excluding carboxylic acids is 2. The smallest absolute Gasteiger partial charge is 0.372 e. The molecule has 0 aliphatic heterocycles. The minimum Gasteiger partial charge on any atom is -0.475 e. The van der Waals surface area contributed by atoms with Crippen LogP contribution in [0.2, 0.25) is 0 Å².